The Morgan fingerprint density at radius 2 is 2.12 bits per heavy atom. The Kier molecular flexibility index (Phi) is 3.79. The molecule has 94 valence electrons. The number of carbonyl (C=O) groups excluding carboxylic acids is 2. The number of H-pyrrole nitrogens is 1. The molecule has 2 amide bonds. The van der Waals surface area contributed by atoms with E-state index in [9.17, 15) is 9.59 Å². The van der Waals surface area contributed by atoms with Gasteiger partial charge in [0.05, 0.1) is 0 Å². The van der Waals surface area contributed by atoms with Gasteiger partial charge in [-0.05, 0) is 0 Å². The van der Waals surface area contributed by atoms with Gasteiger partial charge in [-0.3, -0.25) is 19.5 Å². The van der Waals surface area contributed by atoms with Gasteiger partial charge in [-0.15, -0.1) is 5.10 Å². The topological polar surface area (TPSA) is 123 Å². The summed E-state index contributed by atoms with van der Waals surface area (Å²) < 4.78 is 0. The van der Waals surface area contributed by atoms with E-state index in [-0.39, 0.29) is 11.2 Å². The Morgan fingerprint density at radius 1 is 1.47 bits per heavy atom. The minimum atomic E-state index is -0.685. The van der Waals surface area contributed by atoms with Gasteiger partial charge in [-0.25, -0.2) is 10.5 Å². The van der Waals surface area contributed by atoms with Crippen LogP contribution in [0.3, 0.4) is 0 Å². The third kappa shape index (κ3) is 3.83. The van der Waals surface area contributed by atoms with Crippen LogP contribution in [0.5, 0.6) is 0 Å². The fourth-order valence-electron chi connectivity index (χ4n) is 0.917. The van der Waals surface area contributed by atoms with Crippen molar-refractivity contribution < 1.29 is 14.4 Å². The van der Waals surface area contributed by atoms with Crippen LogP contribution in [0.15, 0.2) is 0 Å². The number of amides is 2. The summed E-state index contributed by atoms with van der Waals surface area (Å²) >= 11 is 0. The van der Waals surface area contributed by atoms with Crippen molar-refractivity contribution in [3.05, 3.63) is 11.6 Å². The number of aromatic nitrogens is 3. The number of rotatable bonds is 4. The molecule has 1 heterocycles. The normalized spacial score (nSPS) is 11.2. The summed E-state index contributed by atoms with van der Waals surface area (Å²) in [6.07, 6.45) is 0. The van der Waals surface area contributed by atoms with Crippen LogP contribution in [-0.4, -0.2) is 33.6 Å². The maximum atomic E-state index is 11.4. The molecule has 0 fully saturated rings. The number of hydrogen-bond donors (Lipinski definition) is 3. The molecule has 8 heteroatoms. The fraction of sp³-hybridized carbons (Fsp3) is 0.556. The van der Waals surface area contributed by atoms with Gasteiger partial charge in [0.2, 0.25) is 11.7 Å². The lowest BCUT2D eigenvalue weighted by Crippen LogP contribution is -2.30. The van der Waals surface area contributed by atoms with Crippen molar-refractivity contribution in [1.29, 1.82) is 0 Å². The predicted molar refractivity (Wildman–Crippen MR) is 57.7 cm³/mol. The van der Waals surface area contributed by atoms with Crippen molar-refractivity contribution in [2.75, 3.05) is 6.61 Å². The molecule has 0 aliphatic carbocycles. The molecule has 8 nitrogen and oxygen atoms in total. The first kappa shape index (κ1) is 13.1. The number of carbonyl (C=O) groups is 2. The van der Waals surface area contributed by atoms with Gasteiger partial charge >= 0.3 is 5.91 Å². The molecule has 0 aromatic carbocycles. The number of nitrogens with one attached hydrogen (secondary N) is 2. The van der Waals surface area contributed by atoms with Gasteiger partial charge in [-0.2, -0.15) is 0 Å². The van der Waals surface area contributed by atoms with Crippen molar-refractivity contribution in [1.82, 2.24) is 20.7 Å². The molecule has 0 saturated carbocycles. The average Bonchev–Trinajstić information content (AvgIpc) is 2.64. The molecule has 1 aromatic rings. The van der Waals surface area contributed by atoms with Crippen molar-refractivity contribution in [3.8, 4) is 0 Å². The smallest absolute Gasteiger partial charge is 0.314 e. The van der Waals surface area contributed by atoms with Crippen molar-refractivity contribution in [2.24, 2.45) is 5.73 Å². The molecule has 4 N–H and O–H groups in total. The Hall–Kier alpha value is -1.96. The molecule has 0 bridgehead atoms. The van der Waals surface area contributed by atoms with Crippen LogP contribution in [0, 0.1) is 0 Å². The second-order valence-corrected chi connectivity index (χ2v) is 4.44. The maximum Gasteiger partial charge on any atom is 0.314 e. The van der Waals surface area contributed by atoms with Crippen LogP contribution in [-0.2, 0) is 15.0 Å². The lowest BCUT2D eigenvalue weighted by atomic mass is 9.96. The largest absolute Gasteiger partial charge is 0.368 e. The molecule has 0 unspecified atom stereocenters. The van der Waals surface area contributed by atoms with Crippen LogP contribution >= 0.6 is 0 Å². The second kappa shape index (κ2) is 4.91. The second-order valence-electron chi connectivity index (χ2n) is 4.44. The number of aromatic amines is 1. The minimum absolute atomic E-state index is 0.0561. The van der Waals surface area contributed by atoms with E-state index >= 15 is 0 Å². The third-order valence-corrected chi connectivity index (χ3v) is 1.78. The highest BCUT2D eigenvalue weighted by Crippen LogP contribution is 2.17. The predicted octanol–water partition coefficient (Wildman–Crippen LogP) is -0.751. The average molecular weight is 241 g/mol. The van der Waals surface area contributed by atoms with E-state index in [4.69, 9.17) is 5.73 Å². The first-order valence-corrected chi connectivity index (χ1v) is 4.94. The van der Waals surface area contributed by atoms with Crippen LogP contribution in [0.4, 0.5) is 0 Å². The molecule has 0 aliphatic rings. The van der Waals surface area contributed by atoms with E-state index in [1.165, 1.54) is 0 Å². The van der Waals surface area contributed by atoms with E-state index in [0.717, 1.165) is 0 Å². The lowest BCUT2D eigenvalue weighted by Gasteiger charge is -2.12. The minimum Gasteiger partial charge on any atom is -0.368 e. The van der Waals surface area contributed by atoms with Crippen LogP contribution < -0.4 is 11.2 Å². The van der Waals surface area contributed by atoms with E-state index in [1.807, 2.05) is 26.3 Å². The molecule has 0 spiro atoms. The first-order valence-electron chi connectivity index (χ1n) is 4.94. The summed E-state index contributed by atoms with van der Waals surface area (Å²) in [6.45, 7) is 5.39. The molecule has 0 aliphatic heterocycles. The van der Waals surface area contributed by atoms with Gasteiger partial charge in [0.15, 0.2) is 6.61 Å². The Balaban J connectivity index is 2.58. The molecule has 0 saturated heterocycles. The highest BCUT2D eigenvalue weighted by Gasteiger charge is 2.21. The van der Waals surface area contributed by atoms with Gasteiger partial charge < -0.3 is 5.73 Å². The van der Waals surface area contributed by atoms with E-state index in [1.54, 1.807) is 0 Å². The standard InChI is InChI=1S/C9H15N5O3/c1-9(2,3)8-11-6(12-13-8)7(16)14-17-4-5(10)15/h4H2,1-3H3,(H2,10,15)(H,14,16)(H,11,12,13). The van der Waals surface area contributed by atoms with E-state index in [2.05, 4.69) is 20.0 Å². The molecular weight excluding hydrogens is 226 g/mol. The van der Waals surface area contributed by atoms with Crippen LogP contribution in [0.1, 0.15) is 37.2 Å². The number of primary amides is 1. The van der Waals surface area contributed by atoms with Crippen LogP contribution in [0.25, 0.3) is 0 Å². The third-order valence-electron chi connectivity index (χ3n) is 1.78. The number of nitrogens with zero attached hydrogens (tertiary/aromatic N) is 2. The summed E-state index contributed by atoms with van der Waals surface area (Å²) in [6, 6.07) is 0. The Morgan fingerprint density at radius 3 is 2.59 bits per heavy atom. The van der Waals surface area contributed by atoms with Gasteiger partial charge in [0, 0.05) is 5.41 Å². The molecule has 1 rings (SSSR count). The summed E-state index contributed by atoms with van der Waals surface area (Å²) in [5, 5.41) is 6.39. The monoisotopic (exact) mass is 241 g/mol. The summed E-state index contributed by atoms with van der Waals surface area (Å²) in [4.78, 5) is 30.3. The highest BCUT2D eigenvalue weighted by atomic mass is 16.7. The maximum absolute atomic E-state index is 11.4. The van der Waals surface area contributed by atoms with Crippen molar-refractivity contribution in [3.63, 3.8) is 0 Å². The summed E-state index contributed by atoms with van der Waals surface area (Å²) in [5.74, 6) is -0.800. The van der Waals surface area contributed by atoms with Gasteiger partial charge in [0.1, 0.15) is 5.82 Å². The summed E-state index contributed by atoms with van der Waals surface area (Å²) in [5.41, 5.74) is 6.60. The van der Waals surface area contributed by atoms with E-state index < -0.39 is 18.4 Å². The molecule has 1 aromatic heterocycles. The molecule has 17 heavy (non-hydrogen) atoms. The van der Waals surface area contributed by atoms with Gasteiger partial charge in [0.25, 0.3) is 0 Å². The van der Waals surface area contributed by atoms with Crippen molar-refractivity contribution in [2.45, 2.75) is 26.2 Å². The molecule has 0 atom stereocenters. The summed E-state index contributed by atoms with van der Waals surface area (Å²) in [7, 11) is 0. The zero-order valence-electron chi connectivity index (χ0n) is 9.90. The van der Waals surface area contributed by atoms with Crippen molar-refractivity contribution >= 4 is 11.8 Å². The first-order chi connectivity index (χ1) is 7.80. The fourth-order valence-corrected chi connectivity index (χ4v) is 0.917. The van der Waals surface area contributed by atoms with Gasteiger partial charge in [-0.1, -0.05) is 20.8 Å². The highest BCUT2D eigenvalue weighted by molar-refractivity contribution is 5.89. The Labute approximate surface area is 97.9 Å². The zero-order chi connectivity index (χ0) is 13.1. The van der Waals surface area contributed by atoms with E-state index in [0.29, 0.717) is 5.82 Å². The number of hydrogen-bond acceptors (Lipinski definition) is 5. The Bertz CT molecular complexity index is 421. The lowest BCUT2D eigenvalue weighted by molar-refractivity contribution is -0.124. The quantitative estimate of drug-likeness (QED) is 0.598. The SMILES string of the molecule is CC(C)(C)c1nc(C(=O)NOCC(N)=O)n[nH]1. The molecule has 0 radical (unpaired) electrons. The molecular formula is C9H15N5O3. The van der Waals surface area contributed by atoms with Crippen LogP contribution in [0.2, 0.25) is 0 Å². The zero-order valence-corrected chi connectivity index (χ0v) is 9.90. The number of nitrogens with two attached hydrogens (primary N) is 1. The number of hydroxylamine groups is 1.